The number of carbonyl (C=O) groups excluding carboxylic acids is 1. The maximum Gasteiger partial charge on any atom is 0.310 e. The van der Waals surface area contributed by atoms with Gasteiger partial charge in [0.15, 0.2) is 11.6 Å². The minimum absolute atomic E-state index is 0.0135. The van der Waals surface area contributed by atoms with E-state index in [4.69, 9.17) is 4.74 Å². The van der Waals surface area contributed by atoms with Crippen molar-refractivity contribution in [1.29, 1.82) is 10.5 Å². The van der Waals surface area contributed by atoms with Crippen molar-refractivity contribution >= 4 is 5.97 Å². The van der Waals surface area contributed by atoms with E-state index in [0.29, 0.717) is 29.4 Å². The molecule has 182 valence electrons. The van der Waals surface area contributed by atoms with Crippen LogP contribution in [0.5, 0.6) is 5.75 Å². The van der Waals surface area contributed by atoms with Crippen molar-refractivity contribution in [2.75, 3.05) is 0 Å². The molecule has 2 aromatic rings. The summed E-state index contributed by atoms with van der Waals surface area (Å²) in [6, 6.07) is 13.3. The van der Waals surface area contributed by atoms with Gasteiger partial charge in [0.2, 0.25) is 0 Å². The number of hydrogen-bond acceptors (Lipinski definition) is 4. The molecule has 0 aliphatic heterocycles. The Labute approximate surface area is 207 Å². The third kappa shape index (κ3) is 4.83. The van der Waals surface area contributed by atoms with E-state index in [1.807, 2.05) is 6.07 Å². The fourth-order valence-electron chi connectivity index (χ4n) is 6.37. The predicted octanol–water partition coefficient (Wildman–Crippen LogP) is 7.06. The number of esters is 1. The Morgan fingerprint density at radius 1 is 0.971 bits per heavy atom. The minimum atomic E-state index is -0.578. The van der Waals surface area contributed by atoms with Crippen LogP contribution in [0.1, 0.15) is 99.5 Å². The molecule has 5 heteroatoms. The quantitative estimate of drug-likeness (QED) is 0.304. The van der Waals surface area contributed by atoms with Crippen LogP contribution in [-0.4, -0.2) is 5.97 Å². The average molecular weight is 473 g/mol. The number of carbonyl (C=O) groups is 1. The van der Waals surface area contributed by atoms with Crippen molar-refractivity contribution in [3.63, 3.8) is 0 Å². The number of benzene rings is 2. The van der Waals surface area contributed by atoms with Crippen LogP contribution in [0.2, 0.25) is 0 Å². The zero-order valence-electron chi connectivity index (χ0n) is 20.8. The molecule has 3 aliphatic rings. The summed E-state index contributed by atoms with van der Waals surface area (Å²) in [7, 11) is 0. The molecule has 3 saturated carbocycles. The minimum Gasteiger partial charge on any atom is -0.423 e. The van der Waals surface area contributed by atoms with Gasteiger partial charge in [-0.15, -0.1) is 0 Å². The number of rotatable bonds is 8. The molecule has 0 saturated heterocycles. The van der Waals surface area contributed by atoms with Crippen LogP contribution < -0.4 is 4.74 Å². The standard InChI is InChI=1S/C30H33FN2O2/c1-3-11-29-12-15-30(16-13-29,17-14-29)25-9-8-22(23(19-32)24(25)20-33)7-5-21-6-10-27(26(31)18-21)35-28(34)4-2/h6,8-10,18H,3-5,7,11-17H2,1-2H3. The second-order valence-electron chi connectivity index (χ2n) is 10.4. The molecular formula is C30H33FN2O2. The summed E-state index contributed by atoms with van der Waals surface area (Å²) in [4.78, 5) is 11.4. The van der Waals surface area contributed by atoms with E-state index in [-0.39, 0.29) is 17.6 Å². The summed E-state index contributed by atoms with van der Waals surface area (Å²) >= 11 is 0. The SMILES string of the molecule is CCCC12CCC(c3ccc(CCc4ccc(OC(=O)CC)c(F)c4)c(C#N)c3C#N)(CC1)CC2. The Morgan fingerprint density at radius 2 is 1.66 bits per heavy atom. The number of hydrogen-bond donors (Lipinski definition) is 0. The van der Waals surface area contributed by atoms with E-state index in [1.54, 1.807) is 13.0 Å². The molecule has 0 amide bonds. The van der Waals surface area contributed by atoms with Gasteiger partial charge in [-0.1, -0.05) is 38.5 Å². The van der Waals surface area contributed by atoms with Crippen molar-refractivity contribution < 1.29 is 13.9 Å². The lowest BCUT2D eigenvalue weighted by Gasteiger charge is -2.54. The summed E-state index contributed by atoms with van der Waals surface area (Å²) in [5, 5.41) is 20.1. The third-order valence-electron chi connectivity index (χ3n) is 8.46. The summed E-state index contributed by atoms with van der Waals surface area (Å²) < 4.78 is 19.4. The zero-order valence-corrected chi connectivity index (χ0v) is 20.8. The van der Waals surface area contributed by atoms with Gasteiger partial charge in [0.05, 0.1) is 11.1 Å². The molecule has 3 fully saturated rings. The van der Waals surface area contributed by atoms with Gasteiger partial charge in [0, 0.05) is 6.42 Å². The Balaban J connectivity index is 1.54. The van der Waals surface area contributed by atoms with Gasteiger partial charge in [-0.05, 0) is 97.4 Å². The monoisotopic (exact) mass is 472 g/mol. The van der Waals surface area contributed by atoms with Crippen molar-refractivity contribution in [3.8, 4) is 17.9 Å². The Kier molecular flexibility index (Phi) is 7.27. The van der Waals surface area contributed by atoms with Gasteiger partial charge < -0.3 is 4.74 Å². The highest BCUT2D eigenvalue weighted by molar-refractivity contribution is 5.72. The lowest BCUT2D eigenvalue weighted by Crippen LogP contribution is -2.44. The largest absolute Gasteiger partial charge is 0.423 e. The summed E-state index contributed by atoms with van der Waals surface area (Å²) in [5.41, 5.74) is 4.11. The van der Waals surface area contributed by atoms with Crippen molar-refractivity contribution in [3.05, 3.63) is 64.0 Å². The van der Waals surface area contributed by atoms with Crippen LogP contribution in [0, 0.1) is 33.9 Å². The van der Waals surface area contributed by atoms with Crippen LogP contribution >= 0.6 is 0 Å². The van der Waals surface area contributed by atoms with Gasteiger partial charge in [0.1, 0.15) is 12.1 Å². The molecule has 0 aromatic heterocycles. The molecule has 0 unspecified atom stereocenters. The van der Waals surface area contributed by atoms with Crippen LogP contribution in [0.25, 0.3) is 0 Å². The van der Waals surface area contributed by atoms with E-state index in [0.717, 1.165) is 36.0 Å². The topological polar surface area (TPSA) is 73.9 Å². The lowest BCUT2D eigenvalue weighted by molar-refractivity contribution is -0.134. The molecule has 3 aliphatic carbocycles. The van der Waals surface area contributed by atoms with Gasteiger partial charge in [0.25, 0.3) is 0 Å². The molecule has 0 spiro atoms. The van der Waals surface area contributed by atoms with Gasteiger partial charge >= 0.3 is 5.97 Å². The fourth-order valence-corrected chi connectivity index (χ4v) is 6.37. The second kappa shape index (κ2) is 10.2. The van der Waals surface area contributed by atoms with E-state index >= 15 is 0 Å². The molecule has 2 aromatic carbocycles. The van der Waals surface area contributed by atoms with E-state index < -0.39 is 11.8 Å². The van der Waals surface area contributed by atoms with Crippen molar-refractivity contribution in [1.82, 2.24) is 0 Å². The molecule has 35 heavy (non-hydrogen) atoms. The first-order valence-corrected chi connectivity index (χ1v) is 12.8. The fraction of sp³-hybridized carbons (Fsp3) is 0.500. The molecule has 0 heterocycles. The molecule has 4 nitrogen and oxygen atoms in total. The zero-order chi connectivity index (χ0) is 25.1. The first-order chi connectivity index (χ1) is 16.9. The molecular weight excluding hydrogens is 439 g/mol. The van der Waals surface area contributed by atoms with E-state index in [2.05, 4.69) is 25.1 Å². The third-order valence-corrected chi connectivity index (χ3v) is 8.46. The summed E-state index contributed by atoms with van der Waals surface area (Å²) in [5.74, 6) is -1.13. The van der Waals surface area contributed by atoms with Crippen LogP contribution in [-0.2, 0) is 23.1 Å². The average Bonchev–Trinajstić information content (AvgIpc) is 2.89. The first kappa shape index (κ1) is 24.9. The molecule has 0 N–H and O–H groups in total. The van der Waals surface area contributed by atoms with Crippen LogP contribution in [0.4, 0.5) is 4.39 Å². The molecule has 0 atom stereocenters. The predicted molar refractivity (Wildman–Crippen MR) is 132 cm³/mol. The number of ether oxygens (including phenoxy) is 1. The van der Waals surface area contributed by atoms with Crippen LogP contribution in [0.15, 0.2) is 30.3 Å². The Hall–Kier alpha value is -3.18. The van der Waals surface area contributed by atoms with Crippen molar-refractivity contribution in [2.45, 2.75) is 89.9 Å². The lowest BCUT2D eigenvalue weighted by atomic mass is 9.50. The summed E-state index contributed by atoms with van der Waals surface area (Å²) in [6.45, 7) is 3.92. The van der Waals surface area contributed by atoms with Crippen molar-refractivity contribution in [2.24, 2.45) is 5.41 Å². The first-order valence-electron chi connectivity index (χ1n) is 12.8. The molecule has 5 rings (SSSR count). The van der Waals surface area contributed by atoms with E-state index in [1.165, 1.54) is 44.2 Å². The normalized spacial score (nSPS) is 22.9. The highest BCUT2D eigenvalue weighted by atomic mass is 19.1. The Morgan fingerprint density at radius 3 is 2.23 bits per heavy atom. The highest BCUT2D eigenvalue weighted by Crippen LogP contribution is 2.60. The van der Waals surface area contributed by atoms with Gasteiger partial charge in [-0.2, -0.15) is 10.5 Å². The smallest absolute Gasteiger partial charge is 0.310 e. The number of halogens is 1. The number of fused-ring (bicyclic) bond motifs is 3. The Bertz CT molecular complexity index is 1180. The highest BCUT2D eigenvalue weighted by Gasteiger charge is 2.49. The summed E-state index contributed by atoms with van der Waals surface area (Å²) in [6.07, 6.45) is 10.7. The van der Waals surface area contributed by atoms with Gasteiger partial charge in [-0.3, -0.25) is 4.79 Å². The van der Waals surface area contributed by atoms with E-state index in [9.17, 15) is 19.7 Å². The molecule has 2 bridgehead atoms. The van der Waals surface area contributed by atoms with Gasteiger partial charge in [-0.25, -0.2) is 4.39 Å². The maximum absolute atomic E-state index is 14.4. The number of aryl methyl sites for hydroxylation is 2. The van der Waals surface area contributed by atoms with Crippen LogP contribution in [0.3, 0.4) is 0 Å². The maximum atomic E-state index is 14.4. The second-order valence-corrected chi connectivity index (χ2v) is 10.4. The molecule has 0 radical (unpaired) electrons. The number of nitrogens with zero attached hydrogens (tertiary/aromatic N) is 2. The number of nitriles is 2.